The van der Waals surface area contributed by atoms with Crippen molar-refractivity contribution in [2.45, 2.75) is 37.0 Å². The van der Waals surface area contributed by atoms with Gasteiger partial charge in [-0.25, -0.2) is 0 Å². The van der Waals surface area contributed by atoms with Gasteiger partial charge in [-0.1, -0.05) is 24.2 Å². The van der Waals surface area contributed by atoms with Crippen molar-refractivity contribution in [2.75, 3.05) is 0 Å². The van der Waals surface area contributed by atoms with Gasteiger partial charge in [0.1, 0.15) is 0 Å². The summed E-state index contributed by atoms with van der Waals surface area (Å²) in [6.45, 7) is 2.16. The average Bonchev–Trinajstić information content (AvgIpc) is 2.85. The van der Waals surface area contributed by atoms with Crippen molar-refractivity contribution in [1.82, 2.24) is 10.1 Å². The predicted molar refractivity (Wildman–Crippen MR) is 70.2 cm³/mol. The van der Waals surface area contributed by atoms with Gasteiger partial charge in [0.2, 0.25) is 5.89 Å². The zero-order chi connectivity index (χ0) is 12.8. The molecule has 0 spiro atoms. The Hall–Kier alpha value is -1.33. The van der Waals surface area contributed by atoms with E-state index in [4.69, 9.17) is 9.63 Å². The summed E-state index contributed by atoms with van der Waals surface area (Å²) >= 11 is 1.66. The molecule has 0 fully saturated rings. The molecule has 0 aliphatic carbocycles. The third kappa shape index (κ3) is 3.58. The number of nitrogens with zero attached hydrogens (tertiary/aromatic N) is 2. The summed E-state index contributed by atoms with van der Waals surface area (Å²) in [7, 11) is 0. The highest BCUT2D eigenvalue weighted by molar-refractivity contribution is 7.98. The van der Waals surface area contributed by atoms with E-state index < -0.39 is 0 Å². The fourth-order valence-electron chi connectivity index (χ4n) is 1.50. The molecule has 0 amide bonds. The van der Waals surface area contributed by atoms with E-state index in [9.17, 15) is 0 Å². The van der Waals surface area contributed by atoms with Gasteiger partial charge in [0.15, 0.2) is 5.82 Å². The lowest BCUT2D eigenvalue weighted by molar-refractivity contribution is 0.282. The molecule has 5 heteroatoms. The molecule has 1 heterocycles. The summed E-state index contributed by atoms with van der Waals surface area (Å²) in [4.78, 5) is 5.44. The quantitative estimate of drug-likeness (QED) is 0.813. The molecular formula is C13H16N2O2S. The van der Waals surface area contributed by atoms with Gasteiger partial charge in [0.25, 0.3) is 0 Å². The summed E-state index contributed by atoms with van der Waals surface area (Å²) in [5.74, 6) is 2.14. The van der Waals surface area contributed by atoms with Crippen molar-refractivity contribution in [3.63, 3.8) is 0 Å². The molecule has 0 radical (unpaired) electrons. The summed E-state index contributed by atoms with van der Waals surface area (Å²) < 4.78 is 5.12. The number of aliphatic hydroxyl groups excluding tert-OH is 1. The van der Waals surface area contributed by atoms with Crippen LogP contribution in [0.5, 0.6) is 0 Å². The average molecular weight is 264 g/mol. The summed E-state index contributed by atoms with van der Waals surface area (Å²) in [5, 5.41) is 12.9. The van der Waals surface area contributed by atoms with Gasteiger partial charge in [0, 0.05) is 11.3 Å². The predicted octanol–water partition coefficient (Wildman–Crippen LogP) is 2.81. The van der Waals surface area contributed by atoms with Gasteiger partial charge < -0.3 is 9.63 Å². The number of hydrogen-bond donors (Lipinski definition) is 1. The first-order valence-electron chi connectivity index (χ1n) is 5.96. The lowest BCUT2D eigenvalue weighted by atomic mass is 10.2. The molecule has 2 rings (SSSR count). The van der Waals surface area contributed by atoms with Gasteiger partial charge >= 0.3 is 0 Å². The van der Waals surface area contributed by atoms with Crippen molar-refractivity contribution in [2.24, 2.45) is 0 Å². The number of aliphatic hydroxyl groups is 1. The number of hydrogen-bond acceptors (Lipinski definition) is 5. The maximum Gasteiger partial charge on any atom is 0.226 e. The molecule has 1 aromatic heterocycles. The molecule has 0 aliphatic rings. The van der Waals surface area contributed by atoms with Gasteiger partial charge in [-0.15, -0.1) is 11.8 Å². The lowest BCUT2D eigenvalue weighted by Gasteiger charge is -1.99. The van der Waals surface area contributed by atoms with Crippen LogP contribution in [0.15, 0.2) is 33.7 Å². The molecule has 0 atom stereocenters. The molecule has 1 N–H and O–H groups in total. The molecule has 18 heavy (non-hydrogen) atoms. The number of thioether (sulfide) groups is 1. The Morgan fingerprint density at radius 2 is 2.06 bits per heavy atom. The zero-order valence-electron chi connectivity index (χ0n) is 10.3. The van der Waals surface area contributed by atoms with Crippen molar-refractivity contribution in [1.29, 1.82) is 0 Å². The van der Waals surface area contributed by atoms with Gasteiger partial charge in [0.05, 0.1) is 12.4 Å². The molecule has 1 aromatic carbocycles. The minimum atomic E-state index is 0.0795. The van der Waals surface area contributed by atoms with Crippen LogP contribution in [-0.4, -0.2) is 15.2 Å². The molecule has 4 nitrogen and oxygen atoms in total. The maximum absolute atomic E-state index is 8.95. The Labute approximate surface area is 110 Å². The normalized spacial score (nSPS) is 10.8. The largest absolute Gasteiger partial charge is 0.392 e. The van der Waals surface area contributed by atoms with Crippen LogP contribution in [0.4, 0.5) is 0 Å². The highest BCUT2D eigenvalue weighted by Gasteiger charge is 2.05. The van der Waals surface area contributed by atoms with Gasteiger partial charge in [-0.2, -0.15) is 4.98 Å². The van der Waals surface area contributed by atoms with Crippen molar-refractivity contribution in [3.05, 3.63) is 41.5 Å². The van der Waals surface area contributed by atoms with Crippen molar-refractivity contribution in [3.8, 4) is 0 Å². The number of aryl methyl sites for hydroxylation is 1. The molecule has 0 bridgehead atoms. The Balaban J connectivity index is 1.89. The second kappa shape index (κ2) is 6.56. The first-order chi connectivity index (χ1) is 8.81. The number of aromatic nitrogens is 2. The maximum atomic E-state index is 8.95. The molecular weight excluding hydrogens is 248 g/mol. The number of benzene rings is 1. The number of rotatable bonds is 6. The summed E-state index contributed by atoms with van der Waals surface area (Å²) in [6.07, 6.45) is 1.85. The van der Waals surface area contributed by atoms with Gasteiger partial charge in [-0.05, 0) is 24.1 Å². The van der Waals surface area contributed by atoms with Crippen LogP contribution in [0.25, 0.3) is 0 Å². The van der Waals surface area contributed by atoms with Crippen LogP contribution < -0.4 is 0 Å². The smallest absolute Gasteiger partial charge is 0.226 e. The molecule has 0 saturated heterocycles. The van der Waals surface area contributed by atoms with Crippen LogP contribution in [0.3, 0.4) is 0 Å². The van der Waals surface area contributed by atoms with Crippen LogP contribution >= 0.6 is 11.8 Å². The van der Waals surface area contributed by atoms with E-state index in [0.717, 1.165) is 29.1 Å². The summed E-state index contributed by atoms with van der Waals surface area (Å²) in [6, 6.07) is 7.81. The highest BCUT2D eigenvalue weighted by atomic mass is 32.2. The monoisotopic (exact) mass is 264 g/mol. The zero-order valence-corrected chi connectivity index (χ0v) is 11.1. The fraction of sp³-hybridized carbons (Fsp3) is 0.385. The van der Waals surface area contributed by atoms with Gasteiger partial charge in [-0.3, -0.25) is 0 Å². The van der Waals surface area contributed by atoms with E-state index in [1.807, 2.05) is 24.3 Å². The molecule has 2 aromatic rings. The van der Waals surface area contributed by atoms with E-state index >= 15 is 0 Å². The third-order valence-electron chi connectivity index (χ3n) is 2.45. The summed E-state index contributed by atoms with van der Waals surface area (Å²) in [5.41, 5.74) is 0.921. The van der Waals surface area contributed by atoms with E-state index in [1.165, 1.54) is 0 Å². The Morgan fingerprint density at radius 3 is 2.72 bits per heavy atom. The third-order valence-corrected chi connectivity index (χ3v) is 3.46. The minimum Gasteiger partial charge on any atom is -0.392 e. The second-order valence-corrected chi connectivity index (χ2v) is 4.99. The molecule has 0 unspecified atom stereocenters. The van der Waals surface area contributed by atoms with Crippen molar-refractivity contribution >= 4 is 11.8 Å². The minimum absolute atomic E-state index is 0.0795. The van der Waals surface area contributed by atoms with Crippen LogP contribution in [0.2, 0.25) is 0 Å². The topological polar surface area (TPSA) is 59.2 Å². The van der Waals surface area contributed by atoms with Crippen LogP contribution in [0.1, 0.15) is 30.6 Å². The standard InChI is InChI=1S/C13H16N2O2S/c1-2-3-13-14-12(15-17-13)9-18-11-6-4-10(8-16)5-7-11/h4-7,16H,2-3,8-9H2,1H3. The Morgan fingerprint density at radius 1 is 1.28 bits per heavy atom. The lowest BCUT2D eigenvalue weighted by Crippen LogP contribution is -1.87. The van der Waals surface area contributed by atoms with Crippen LogP contribution in [0, 0.1) is 0 Å². The Bertz CT molecular complexity index is 482. The van der Waals surface area contributed by atoms with Crippen LogP contribution in [-0.2, 0) is 18.8 Å². The first kappa shape index (κ1) is 13.1. The van der Waals surface area contributed by atoms with Crippen molar-refractivity contribution < 1.29 is 9.63 Å². The second-order valence-electron chi connectivity index (χ2n) is 3.95. The van der Waals surface area contributed by atoms with E-state index in [2.05, 4.69) is 17.1 Å². The molecule has 0 saturated carbocycles. The fourth-order valence-corrected chi connectivity index (χ4v) is 2.24. The first-order valence-corrected chi connectivity index (χ1v) is 6.94. The Kier molecular flexibility index (Phi) is 4.78. The SMILES string of the molecule is CCCc1nc(CSc2ccc(CO)cc2)no1. The molecule has 0 aliphatic heterocycles. The highest BCUT2D eigenvalue weighted by Crippen LogP contribution is 2.22. The van der Waals surface area contributed by atoms with E-state index in [1.54, 1.807) is 11.8 Å². The van der Waals surface area contributed by atoms with E-state index in [0.29, 0.717) is 11.6 Å². The molecule has 96 valence electrons. The van der Waals surface area contributed by atoms with E-state index in [-0.39, 0.29) is 6.61 Å².